The van der Waals surface area contributed by atoms with Gasteiger partial charge in [-0.1, -0.05) is 48.9 Å². The van der Waals surface area contributed by atoms with Crippen LogP contribution in [0.3, 0.4) is 0 Å². The molecule has 2 aromatic rings. The van der Waals surface area contributed by atoms with Gasteiger partial charge in [-0.15, -0.1) is 0 Å². The quantitative estimate of drug-likeness (QED) is 0.749. The van der Waals surface area contributed by atoms with Crippen molar-refractivity contribution in [1.29, 1.82) is 0 Å². The van der Waals surface area contributed by atoms with Gasteiger partial charge in [0.1, 0.15) is 13.2 Å². The highest BCUT2D eigenvalue weighted by molar-refractivity contribution is 6.00. The molecule has 2 heterocycles. The Morgan fingerprint density at radius 1 is 1.13 bits per heavy atom. The van der Waals surface area contributed by atoms with Crippen molar-refractivity contribution in [3.63, 3.8) is 0 Å². The lowest BCUT2D eigenvalue weighted by Crippen LogP contribution is -2.49. The van der Waals surface area contributed by atoms with E-state index < -0.39 is 18.0 Å². The van der Waals surface area contributed by atoms with Crippen LogP contribution in [-0.4, -0.2) is 36.0 Å². The number of carbonyl (C=O) groups is 3. The normalized spacial score (nSPS) is 18.1. The van der Waals surface area contributed by atoms with Crippen molar-refractivity contribution in [3.05, 3.63) is 76.5 Å². The molecule has 0 saturated heterocycles. The molecular weight excluding hydrogens is 382 g/mol. The van der Waals surface area contributed by atoms with Crippen LogP contribution in [0.4, 0.5) is 10.5 Å². The number of aryl methyl sites for hydroxylation is 2. The standard InChI is InChI=1S/C23H23N3O4/c1-3-15-6-10-17(11-7-15)24-19(27)12-26-18-13-30-22(28)20(18)21(25-23(26)29)16-8-4-14(2)5-9-16/h4-11,21H,3,12-13H2,1-2H3,(H,24,27)(H,25,29)/t21-/m1/s1. The molecule has 0 fully saturated rings. The minimum Gasteiger partial charge on any atom is -0.456 e. The lowest BCUT2D eigenvalue weighted by atomic mass is 9.95. The minimum absolute atomic E-state index is 0.0254. The van der Waals surface area contributed by atoms with Crippen LogP contribution < -0.4 is 10.6 Å². The highest BCUT2D eigenvalue weighted by Crippen LogP contribution is 2.35. The summed E-state index contributed by atoms with van der Waals surface area (Å²) in [5, 5.41) is 5.63. The molecule has 1 atom stereocenters. The molecule has 0 aromatic heterocycles. The third kappa shape index (κ3) is 3.78. The molecule has 4 rings (SSSR count). The first kappa shape index (κ1) is 19.7. The first-order valence-corrected chi connectivity index (χ1v) is 9.90. The largest absolute Gasteiger partial charge is 0.456 e. The zero-order chi connectivity index (χ0) is 21.3. The van der Waals surface area contributed by atoms with Crippen LogP contribution in [0.1, 0.15) is 29.7 Å². The van der Waals surface area contributed by atoms with E-state index in [2.05, 4.69) is 17.6 Å². The predicted molar refractivity (Wildman–Crippen MR) is 112 cm³/mol. The molecule has 2 aliphatic rings. The number of hydrogen-bond donors (Lipinski definition) is 2. The number of nitrogens with one attached hydrogen (secondary N) is 2. The molecule has 3 amide bonds. The lowest BCUT2D eigenvalue weighted by molar-refractivity contribution is -0.136. The fraction of sp³-hybridized carbons (Fsp3) is 0.261. The van der Waals surface area contributed by atoms with Gasteiger partial charge in [0, 0.05) is 5.69 Å². The summed E-state index contributed by atoms with van der Waals surface area (Å²) in [7, 11) is 0. The third-order valence-electron chi connectivity index (χ3n) is 5.36. The summed E-state index contributed by atoms with van der Waals surface area (Å²) in [6.45, 7) is 3.79. The van der Waals surface area contributed by atoms with Crippen LogP contribution in [0.15, 0.2) is 59.8 Å². The molecule has 7 nitrogen and oxygen atoms in total. The highest BCUT2D eigenvalue weighted by atomic mass is 16.5. The molecule has 0 aliphatic carbocycles. The number of carbonyl (C=O) groups excluding carboxylic acids is 3. The number of ether oxygens (including phenoxy) is 1. The van der Waals surface area contributed by atoms with E-state index >= 15 is 0 Å². The minimum atomic E-state index is -0.594. The first-order valence-electron chi connectivity index (χ1n) is 9.90. The van der Waals surface area contributed by atoms with E-state index in [-0.39, 0.29) is 19.1 Å². The predicted octanol–water partition coefficient (Wildman–Crippen LogP) is 3.07. The van der Waals surface area contributed by atoms with Crippen LogP contribution in [-0.2, 0) is 20.7 Å². The fourth-order valence-corrected chi connectivity index (χ4v) is 3.66. The van der Waals surface area contributed by atoms with Gasteiger partial charge in [-0.25, -0.2) is 9.59 Å². The van der Waals surface area contributed by atoms with Crippen molar-refractivity contribution >= 4 is 23.6 Å². The lowest BCUT2D eigenvalue weighted by Gasteiger charge is -2.32. The van der Waals surface area contributed by atoms with Gasteiger partial charge in [-0.05, 0) is 36.6 Å². The van der Waals surface area contributed by atoms with Crippen molar-refractivity contribution in [1.82, 2.24) is 10.2 Å². The topological polar surface area (TPSA) is 87.7 Å². The summed E-state index contributed by atoms with van der Waals surface area (Å²) in [6, 6.07) is 14.1. The van der Waals surface area contributed by atoms with E-state index in [1.165, 1.54) is 10.5 Å². The number of urea groups is 1. The summed E-state index contributed by atoms with van der Waals surface area (Å²) >= 11 is 0. The molecule has 154 valence electrons. The zero-order valence-electron chi connectivity index (χ0n) is 16.9. The van der Waals surface area contributed by atoms with Gasteiger partial charge in [0.05, 0.1) is 17.3 Å². The van der Waals surface area contributed by atoms with Gasteiger partial charge < -0.3 is 15.4 Å². The average molecular weight is 405 g/mol. The van der Waals surface area contributed by atoms with Gasteiger partial charge in [0.25, 0.3) is 0 Å². The second-order valence-corrected chi connectivity index (χ2v) is 7.41. The maximum Gasteiger partial charge on any atom is 0.338 e. The second-order valence-electron chi connectivity index (χ2n) is 7.41. The summed E-state index contributed by atoms with van der Waals surface area (Å²) in [5.41, 5.74) is 4.50. The molecule has 2 aliphatic heterocycles. The van der Waals surface area contributed by atoms with Crippen LogP contribution in [0.2, 0.25) is 0 Å². The Labute approximate surface area is 174 Å². The number of anilines is 1. The molecule has 30 heavy (non-hydrogen) atoms. The molecule has 0 radical (unpaired) electrons. The van der Waals surface area contributed by atoms with Crippen molar-refractivity contribution in [2.24, 2.45) is 0 Å². The highest BCUT2D eigenvalue weighted by Gasteiger charge is 2.42. The van der Waals surface area contributed by atoms with Crippen LogP contribution in [0.5, 0.6) is 0 Å². The fourth-order valence-electron chi connectivity index (χ4n) is 3.66. The average Bonchev–Trinajstić information content (AvgIpc) is 3.13. The smallest absolute Gasteiger partial charge is 0.338 e. The van der Waals surface area contributed by atoms with E-state index in [0.29, 0.717) is 17.0 Å². The van der Waals surface area contributed by atoms with E-state index in [0.717, 1.165) is 17.5 Å². The number of amides is 3. The van der Waals surface area contributed by atoms with Crippen LogP contribution in [0.25, 0.3) is 0 Å². The second kappa shape index (κ2) is 8.02. The Bertz CT molecular complexity index is 1030. The Balaban J connectivity index is 1.55. The van der Waals surface area contributed by atoms with Gasteiger partial charge in [0.15, 0.2) is 0 Å². The molecular formula is C23H23N3O4. The van der Waals surface area contributed by atoms with E-state index in [1.807, 2.05) is 55.5 Å². The number of esters is 1. The van der Waals surface area contributed by atoms with Gasteiger partial charge in [-0.3, -0.25) is 9.69 Å². The van der Waals surface area contributed by atoms with Crippen molar-refractivity contribution < 1.29 is 19.1 Å². The summed E-state index contributed by atoms with van der Waals surface area (Å²) in [6.07, 6.45) is 0.912. The monoisotopic (exact) mass is 405 g/mol. The van der Waals surface area contributed by atoms with Crippen molar-refractivity contribution in [3.8, 4) is 0 Å². The van der Waals surface area contributed by atoms with E-state index in [4.69, 9.17) is 4.74 Å². The SMILES string of the molecule is CCc1ccc(NC(=O)CN2C(=O)N[C@H](c3ccc(C)cc3)C3=C2COC3=O)cc1. The Morgan fingerprint density at radius 2 is 1.83 bits per heavy atom. The first-order chi connectivity index (χ1) is 14.5. The molecule has 2 aromatic carbocycles. The Morgan fingerprint density at radius 3 is 2.50 bits per heavy atom. The summed E-state index contributed by atoms with van der Waals surface area (Å²) in [5.74, 6) is -0.828. The van der Waals surface area contributed by atoms with E-state index in [9.17, 15) is 14.4 Å². The third-order valence-corrected chi connectivity index (χ3v) is 5.36. The van der Waals surface area contributed by atoms with Crippen molar-refractivity contribution in [2.75, 3.05) is 18.5 Å². The molecule has 2 N–H and O–H groups in total. The van der Waals surface area contributed by atoms with E-state index in [1.54, 1.807) is 0 Å². The van der Waals surface area contributed by atoms with Gasteiger partial charge in [-0.2, -0.15) is 0 Å². The van der Waals surface area contributed by atoms with Crippen molar-refractivity contribution in [2.45, 2.75) is 26.3 Å². The number of nitrogens with zero attached hydrogens (tertiary/aromatic N) is 1. The number of cyclic esters (lactones) is 1. The Kier molecular flexibility index (Phi) is 5.27. The number of hydrogen-bond acceptors (Lipinski definition) is 4. The zero-order valence-corrected chi connectivity index (χ0v) is 16.9. The molecule has 0 saturated carbocycles. The summed E-state index contributed by atoms with van der Waals surface area (Å²) in [4.78, 5) is 39.0. The summed E-state index contributed by atoms with van der Waals surface area (Å²) < 4.78 is 5.20. The van der Waals surface area contributed by atoms with Gasteiger partial charge >= 0.3 is 12.0 Å². The maximum absolute atomic E-state index is 12.8. The maximum atomic E-state index is 12.8. The van der Waals surface area contributed by atoms with Gasteiger partial charge in [0.2, 0.25) is 5.91 Å². The molecule has 7 heteroatoms. The molecule has 0 spiro atoms. The number of benzene rings is 2. The molecule has 0 bridgehead atoms. The van der Waals surface area contributed by atoms with Crippen LogP contribution in [0, 0.1) is 6.92 Å². The Hall–Kier alpha value is -3.61. The molecule has 0 unspecified atom stereocenters. The number of rotatable bonds is 5. The van der Waals surface area contributed by atoms with Crippen LogP contribution >= 0.6 is 0 Å².